The topological polar surface area (TPSA) is 128 Å². The average Bonchev–Trinajstić information content (AvgIpc) is 2.60. The fourth-order valence-electron chi connectivity index (χ4n) is 2.10. The van der Waals surface area contributed by atoms with Gasteiger partial charge >= 0.3 is 5.97 Å². The Morgan fingerprint density at radius 2 is 1.85 bits per heavy atom. The van der Waals surface area contributed by atoms with Gasteiger partial charge in [-0.2, -0.15) is 0 Å². The zero-order valence-corrected chi connectivity index (χ0v) is 14.3. The molecule has 0 radical (unpaired) electrons. The molecule has 3 N–H and O–H groups in total. The minimum absolute atomic E-state index is 0.0428. The molecule has 0 saturated heterocycles. The molecule has 0 aliphatic carbocycles. The van der Waals surface area contributed by atoms with Gasteiger partial charge in [0.25, 0.3) is 11.6 Å². The van der Waals surface area contributed by atoms with E-state index in [1.165, 1.54) is 6.07 Å². The molecule has 0 heterocycles. The fourth-order valence-corrected chi connectivity index (χ4v) is 2.10. The predicted molar refractivity (Wildman–Crippen MR) is 97.2 cm³/mol. The van der Waals surface area contributed by atoms with Gasteiger partial charge in [-0.3, -0.25) is 14.9 Å². The molecule has 2 aromatic rings. The number of nitrogens with zero attached hydrogens (tertiary/aromatic N) is 2. The Kier molecular flexibility index (Phi) is 5.74. The van der Waals surface area contributed by atoms with Gasteiger partial charge in [-0.25, -0.2) is 4.79 Å². The van der Waals surface area contributed by atoms with Gasteiger partial charge in [0.05, 0.1) is 16.2 Å². The van der Waals surface area contributed by atoms with Crippen LogP contribution in [0.1, 0.15) is 10.4 Å². The molecule has 136 valence electrons. The highest BCUT2D eigenvalue weighted by Crippen LogP contribution is 2.20. The van der Waals surface area contributed by atoms with Crippen molar-refractivity contribution in [1.29, 1.82) is 0 Å². The van der Waals surface area contributed by atoms with Crippen molar-refractivity contribution in [3.63, 3.8) is 0 Å². The van der Waals surface area contributed by atoms with E-state index < -0.39 is 23.4 Å². The number of amides is 1. The summed E-state index contributed by atoms with van der Waals surface area (Å²) in [6.45, 7) is -0.509. The second-order valence-electron chi connectivity index (χ2n) is 5.59. The molecule has 1 amide bonds. The number of carbonyl (C=O) groups excluding carboxylic acids is 2. The van der Waals surface area contributed by atoms with Crippen molar-refractivity contribution >= 4 is 34.6 Å². The van der Waals surface area contributed by atoms with Gasteiger partial charge in [-0.05, 0) is 30.3 Å². The SMILES string of the molecule is CN(C)c1ccc(NC(=O)COC(=O)c2ccc([N+](=O)[O-])cc2N)cc1. The van der Waals surface area contributed by atoms with Crippen molar-refractivity contribution in [2.75, 3.05) is 36.7 Å². The number of ether oxygens (including phenoxy) is 1. The molecule has 0 atom stereocenters. The van der Waals surface area contributed by atoms with E-state index in [0.717, 1.165) is 17.8 Å². The molecule has 9 heteroatoms. The quantitative estimate of drug-likeness (QED) is 0.350. The third-order valence-corrected chi connectivity index (χ3v) is 3.47. The molecule has 2 rings (SSSR count). The van der Waals surface area contributed by atoms with Gasteiger partial charge in [0.15, 0.2) is 6.61 Å². The Morgan fingerprint density at radius 1 is 1.19 bits per heavy atom. The number of nitrogens with one attached hydrogen (secondary N) is 1. The summed E-state index contributed by atoms with van der Waals surface area (Å²) in [4.78, 5) is 35.8. The number of carbonyl (C=O) groups is 2. The maximum Gasteiger partial charge on any atom is 0.340 e. The second kappa shape index (κ2) is 7.97. The Hall–Kier alpha value is -3.62. The van der Waals surface area contributed by atoms with Crippen molar-refractivity contribution in [1.82, 2.24) is 0 Å². The van der Waals surface area contributed by atoms with Crippen molar-refractivity contribution < 1.29 is 19.2 Å². The van der Waals surface area contributed by atoms with Crippen LogP contribution in [-0.4, -0.2) is 37.5 Å². The molecule has 0 spiro atoms. The summed E-state index contributed by atoms with van der Waals surface area (Å²) in [5.41, 5.74) is 6.78. The summed E-state index contributed by atoms with van der Waals surface area (Å²) < 4.78 is 4.90. The van der Waals surface area contributed by atoms with Crippen LogP contribution < -0.4 is 16.0 Å². The molecule has 2 aromatic carbocycles. The number of nitro benzene ring substituents is 1. The van der Waals surface area contributed by atoms with E-state index in [1.807, 2.05) is 31.1 Å². The van der Waals surface area contributed by atoms with Gasteiger partial charge in [-0.1, -0.05) is 0 Å². The van der Waals surface area contributed by atoms with E-state index in [2.05, 4.69) is 5.32 Å². The van der Waals surface area contributed by atoms with Gasteiger partial charge in [0.1, 0.15) is 0 Å². The van der Waals surface area contributed by atoms with Crippen molar-refractivity contribution in [3.05, 3.63) is 58.1 Å². The van der Waals surface area contributed by atoms with E-state index in [4.69, 9.17) is 10.5 Å². The zero-order chi connectivity index (χ0) is 19.3. The third kappa shape index (κ3) is 4.69. The summed E-state index contributed by atoms with van der Waals surface area (Å²) in [5, 5.41) is 13.3. The Bertz CT molecular complexity index is 834. The Labute approximate surface area is 149 Å². The molecule has 9 nitrogen and oxygen atoms in total. The number of anilines is 3. The van der Waals surface area contributed by atoms with Crippen LogP contribution in [0.25, 0.3) is 0 Å². The minimum atomic E-state index is -0.837. The minimum Gasteiger partial charge on any atom is -0.452 e. The van der Waals surface area contributed by atoms with E-state index in [9.17, 15) is 19.7 Å². The number of esters is 1. The fraction of sp³-hybridized carbons (Fsp3) is 0.176. The monoisotopic (exact) mass is 358 g/mol. The van der Waals surface area contributed by atoms with Gasteiger partial charge in [0.2, 0.25) is 0 Å². The lowest BCUT2D eigenvalue weighted by Gasteiger charge is -2.13. The maximum absolute atomic E-state index is 12.0. The van der Waals surface area contributed by atoms with Crippen LogP contribution in [0.5, 0.6) is 0 Å². The molecular weight excluding hydrogens is 340 g/mol. The Balaban J connectivity index is 1.92. The first-order valence-corrected chi connectivity index (χ1v) is 7.56. The molecule has 0 fully saturated rings. The molecule has 0 saturated carbocycles. The van der Waals surface area contributed by atoms with Gasteiger partial charge in [-0.15, -0.1) is 0 Å². The second-order valence-corrected chi connectivity index (χ2v) is 5.59. The van der Waals surface area contributed by atoms with Gasteiger partial charge < -0.3 is 20.7 Å². The van der Waals surface area contributed by atoms with Crippen molar-refractivity contribution in [2.24, 2.45) is 0 Å². The van der Waals surface area contributed by atoms with Crippen LogP contribution >= 0.6 is 0 Å². The lowest BCUT2D eigenvalue weighted by atomic mass is 10.1. The highest BCUT2D eigenvalue weighted by molar-refractivity contribution is 5.98. The number of hydrogen-bond acceptors (Lipinski definition) is 7. The normalized spacial score (nSPS) is 10.1. The predicted octanol–water partition coefficient (Wildman–Crippen LogP) is 2.04. The number of rotatable bonds is 6. The zero-order valence-electron chi connectivity index (χ0n) is 14.3. The summed E-state index contributed by atoms with van der Waals surface area (Å²) in [5.74, 6) is -1.35. The molecule has 0 aliphatic rings. The van der Waals surface area contributed by atoms with E-state index >= 15 is 0 Å². The van der Waals surface area contributed by atoms with E-state index in [-0.39, 0.29) is 16.9 Å². The number of nitrogens with two attached hydrogens (primary N) is 1. The summed E-state index contributed by atoms with van der Waals surface area (Å²) in [6, 6.07) is 10.5. The maximum atomic E-state index is 12.0. The number of non-ortho nitro benzene ring substituents is 1. The van der Waals surface area contributed by atoms with E-state index in [1.54, 1.807) is 12.1 Å². The van der Waals surface area contributed by atoms with Crippen LogP contribution in [0.4, 0.5) is 22.7 Å². The van der Waals surface area contributed by atoms with Crippen molar-refractivity contribution in [2.45, 2.75) is 0 Å². The van der Waals surface area contributed by atoms with Crippen LogP contribution in [0.15, 0.2) is 42.5 Å². The van der Waals surface area contributed by atoms with Crippen LogP contribution in [0.3, 0.4) is 0 Å². The smallest absolute Gasteiger partial charge is 0.340 e. The van der Waals surface area contributed by atoms with Crippen LogP contribution in [0.2, 0.25) is 0 Å². The lowest BCUT2D eigenvalue weighted by Crippen LogP contribution is -2.21. The highest BCUT2D eigenvalue weighted by Gasteiger charge is 2.16. The molecule has 0 aliphatic heterocycles. The Morgan fingerprint density at radius 3 is 2.38 bits per heavy atom. The summed E-state index contributed by atoms with van der Waals surface area (Å²) in [7, 11) is 3.80. The number of nitrogen functional groups attached to an aromatic ring is 1. The molecular formula is C17H18N4O5. The third-order valence-electron chi connectivity index (χ3n) is 3.47. The number of benzene rings is 2. The summed E-state index contributed by atoms with van der Waals surface area (Å²) >= 11 is 0. The summed E-state index contributed by atoms with van der Waals surface area (Å²) in [6.07, 6.45) is 0. The first-order chi connectivity index (χ1) is 12.3. The largest absolute Gasteiger partial charge is 0.452 e. The average molecular weight is 358 g/mol. The van der Waals surface area contributed by atoms with Crippen LogP contribution in [0, 0.1) is 10.1 Å². The number of nitro groups is 1. The molecule has 26 heavy (non-hydrogen) atoms. The standard InChI is InChI=1S/C17H18N4O5/c1-20(2)12-5-3-11(4-6-12)19-16(22)10-26-17(23)14-8-7-13(21(24)25)9-15(14)18/h3-9H,10,18H2,1-2H3,(H,19,22). The molecule has 0 bridgehead atoms. The first kappa shape index (κ1) is 18.7. The molecule has 0 aromatic heterocycles. The highest BCUT2D eigenvalue weighted by atomic mass is 16.6. The van der Waals surface area contributed by atoms with E-state index in [0.29, 0.717) is 5.69 Å². The van der Waals surface area contributed by atoms with Crippen LogP contribution in [-0.2, 0) is 9.53 Å². The first-order valence-electron chi connectivity index (χ1n) is 7.56. The lowest BCUT2D eigenvalue weighted by molar-refractivity contribution is -0.384. The molecule has 0 unspecified atom stereocenters. The number of hydrogen-bond donors (Lipinski definition) is 2. The van der Waals surface area contributed by atoms with Gasteiger partial charge in [0, 0.05) is 37.6 Å². The van der Waals surface area contributed by atoms with Crippen molar-refractivity contribution in [3.8, 4) is 0 Å².